The first-order valence-electron chi connectivity index (χ1n) is 10.6. The molecular weight excluding hydrogens is 390 g/mol. The second-order valence-electron chi connectivity index (χ2n) is 8.45. The van der Waals surface area contributed by atoms with Crippen LogP contribution in [0, 0.1) is 6.92 Å². The number of aromatic nitrogens is 5. The van der Waals surface area contributed by atoms with E-state index in [2.05, 4.69) is 27.9 Å². The molecule has 1 saturated carbocycles. The summed E-state index contributed by atoms with van der Waals surface area (Å²) in [4.78, 5) is 34.0. The number of aromatic amines is 1. The highest BCUT2D eigenvalue weighted by Gasteiger charge is 2.48. The highest BCUT2D eigenvalue weighted by molar-refractivity contribution is 5.94. The summed E-state index contributed by atoms with van der Waals surface area (Å²) < 4.78 is 5.85. The van der Waals surface area contributed by atoms with Crippen molar-refractivity contribution in [2.24, 2.45) is 0 Å². The van der Waals surface area contributed by atoms with Crippen LogP contribution in [0.4, 0.5) is 0 Å². The molecule has 1 fully saturated rings. The Kier molecular flexibility index (Phi) is 3.93. The van der Waals surface area contributed by atoms with Crippen LogP contribution in [0.15, 0.2) is 48.9 Å². The Morgan fingerprint density at radius 1 is 1.06 bits per heavy atom. The molecule has 0 bridgehead atoms. The number of hydrogen-bond donors (Lipinski definition) is 1. The number of benzene rings is 1. The Labute approximate surface area is 178 Å². The molecule has 1 spiro atoms. The van der Waals surface area contributed by atoms with E-state index >= 15 is 0 Å². The van der Waals surface area contributed by atoms with Gasteiger partial charge < -0.3 is 9.72 Å². The maximum absolute atomic E-state index is 12.3. The topological polar surface area (TPSA) is 93.7 Å². The van der Waals surface area contributed by atoms with E-state index in [0.717, 1.165) is 53.7 Å². The predicted molar refractivity (Wildman–Crippen MR) is 114 cm³/mol. The lowest BCUT2D eigenvalue weighted by atomic mass is 9.75. The molecule has 1 N–H and O–H groups in total. The van der Waals surface area contributed by atoms with Crippen molar-refractivity contribution in [1.82, 2.24) is 24.9 Å². The highest BCUT2D eigenvalue weighted by Crippen LogP contribution is 2.49. The quantitative estimate of drug-likeness (QED) is 0.490. The second-order valence-corrected chi connectivity index (χ2v) is 8.45. The number of esters is 1. The Bertz CT molecular complexity index is 1320. The van der Waals surface area contributed by atoms with Crippen LogP contribution in [-0.2, 0) is 10.3 Å². The number of H-pyrrole nitrogens is 1. The molecule has 0 unspecified atom stereocenters. The molecule has 1 aromatic carbocycles. The van der Waals surface area contributed by atoms with Gasteiger partial charge in [-0.3, -0.25) is 4.98 Å². The number of hydrogen-bond acceptors (Lipinski definition) is 6. The minimum Gasteiger partial charge on any atom is -0.450 e. The standard InChI is InChI=1S/C24H21N5O2/c1-14-4-2-3-5-16(14)21-26-13-19-22(29-21)28-20(27-19)15-6-9-24(10-7-15)18-12-25-11-8-17(18)23(30)31-24/h2-5,8,11-13,15H,6-7,9-10H2,1H3,(H,26,27,28,29)/t15-,24-. The fraction of sp³-hybridized carbons (Fsp3) is 0.292. The lowest BCUT2D eigenvalue weighted by Gasteiger charge is -2.35. The van der Waals surface area contributed by atoms with Gasteiger partial charge in [-0.25, -0.2) is 19.7 Å². The molecule has 0 amide bonds. The summed E-state index contributed by atoms with van der Waals surface area (Å²) in [6.45, 7) is 2.06. The molecule has 154 valence electrons. The van der Waals surface area contributed by atoms with Crippen molar-refractivity contribution in [3.63, 3.8) is 0 Å². The van der Waals surface area contributed by atoms with Gasteiger partial charge in [0, 0.05) is 29.4 Å². The summed E-state index contributed by atoms with van der Waals surface area (Å²) in [5.74, 6) is 1.64. The number of rotatable bonds is 2. The molecule has 4 heterocycles. The third-order valence-corrected chi connectivity index (χ3v) is 6.64. The summed E-state index contributed by atoms with van der Waals surface area (Å²) in [6, 6.07) is 9.84. The first-order valence-corrected chi connectivity index (χ1v) is 10.6. The first-order chi connectivity index (χ1) is 15.1. The van der Waals surface area contributed by atoms with Crippen molar-refractivity contribution in [3.8, 4) is 11.4 Å². The van der Waals surface area contributed by atoms with E-state index < -0.39 is 5.60 Å². The van der Waals surface area contributed by atoms with Gasteiger partial charge in [-0.2, -0.15) is 0 Å². The molecule has 4 aromatic rings. The molecule has 6 rings (SSSR count). The van der Waals surface area contributed by atoms with E-state index in [1.165, 1.54) is 0 Å². The Balaban J connectivity index is 1.27. The average molecular weight is 411 g/mol. The normalized spacial score (nSPS) is 22.6. The first kappa shape index (κ1) is 18.2. The summed E-state index contributed by atoms with van der Waals surface area (Å²) in [5.41, 5.74) is 4.72. The van der Waals surface area contributed by atoms with Crippen molar-refractivity contribution in [3.05, 3.63) is 71.4 Å². The number of carbonyl (C=O) groups excluding carboxylic acids is 1. The third-order valence-electron chi connectivity index (χ3n) is 6.64. The van der Waals surface area contributed by atoms with Crippen LogP contribution in [0.2, 0.25) is 0 Å². The third kappa shape index (κ3) is 2.84. The van der Waals surface area contributed by atoms with Crippen molar-refractivity contribution >= 4 is 17.1 Å². The summed E-state index contributed by atoms with van der Waals surface area (Å²) in [6.07, 6.45) is 8.51. The maximum Gasteiger partial charge on any atom is 0.339 e. The van der Waals surface area contributed by atoms with Crippen LogP contribution in [0.5, 0.6) is 0 Å². The summed E-state index contributed by atoms with van der Waals surface area (Å²) in [7, 11) is 0. The molecule has 7 heteroatoms. The van der Waals surface area contributed by atoms with Crippen molar-refractivity contribution < 1.29 is 9.53 Å². The molecule has 0 radical (unpaired) electrons. The Morgan fingerprint density at radius 3 is 2.74 bits per heavy atom. The van der Waals surface area contributed by atoms with E-state index in [1.54, 1.807) is 18.5 Å². The van der Waals surface area contributed by atoms with Crippen LogP contribution >= 0.6 is 0 Å². The molecular formula is C24H21N5O2. The van der Waals surface area contributed by atoms with Gasteiger partial charge in [0.2, 0.25) is 0 Å². The van der Waals surface area contributed by atoms with Crippen LogP contribution in [0.3, 0.4) is 0 Å². The van der Waals surface area contributed by atoms with Gasteiger partial charge in [0.15, 0.2) is 11.5 Å². The molecule has 0 atom stereocenters. The van der Waals surface area contributed by atoms with Crippen molar-refractivity contribution in [2.45, 2.75) is 44.1 Å². The van der Waals surface area contributed by atoms with E-state index in [1.807, 2.05) is 24.4 Å². The van der Waals surface area contributed by atoms with E-state index in [0.29, 0.717) is 17.0 Å². The van der Waals surface area contributed by atoms with Gasteiger partial charge in [-0.05, 0) is 44.2 Å². The zero-order valence-corrected chi connectivity index (χ0v) is 17.1. The number of aryl methyl sites for hydroxylation is 1. The number of carbonyl (C=O) groups is 1. The minimum absolute atomic E-state index is 0.237. The number of fused-ring (bicyclic) bond motifs is 3. The highest BCUT2D eigenvalue weighted by atomic mass is 16.6. The zero-order valence-electron chi connectivity index (χ0n) is 17.1. The summed E-state index contributed by atoms with van der Waals surface area (Å²) in [5, 5.41) is 0. The van der Waals surface area contributed by atoms with Crippen LogP contribution in [0.1, 0.15) is 58.9 Å². The van der Waals surface area contributed by atoms with E-state index in [-0.39, 0.29) is 11.9 Å². The molecule has 3 aromatic heterocycles. The zero-order chi connectivity index (χ0) is 21.0. The molecule has 1 aliphatic carbocycles. The Hall–Kier alpha value is -3.61. The van der Waals surface area contributed by atoms with Gasteiger partial charge in [0.1, 0.15) is 16.9 Å². The lowest BCUT2D eigenvalue weighted by Crippen LogP contribution is -2.31. The van der Waals surface area contributed by atoms with Gasteiger partial charge in [-0.1, -0.05) is 24.3 Å². The molecule has 2 aliphatic rings. The lowest BCUT2D eigenvalue weighted by molar-refractivity contribution is -0.0313. The van der Waals surface area contributed by atoms with Crippen molar-refractivity contribution in [1.29, 1.82) is 0 Å². The predicted octanol–water partition coefficient (Wildman–Crippen LogP) is 4.45. The molecule has 31 heavy (non-hydrogen) atoms. The van der Waals surface area contributed by atoms with Crippen LogP contribution < -0.4 is 0 Å². The van der Waals surface area contributed by atoms with Crippen molar-refractivity contribution in [2.75, 3.05) is 0 Å². The smallest absolute Gasteiger partial charge is 0.339 e. The maximum atomic E-state index is 12.3. The van der Waals surface area contributed by atoms with Gasteiger partial charge in [-0.15, -0.1) is 0 Å². The van der Waals surface area contributed by atoms with Crippen LogP contribution in [-0.4, -0.2) is 30.9 Å². The number of nitrogens with one attached hydrogen (secondary N) is 1. The number of pyridine rings is 1. The largest absolute Gasteiger partial charge is 0.450 e. The molecule has 1 aliphatic heterocycles. The fourth-order valence-corrected chi connectivity index (χ4v) is 4.93. The van der Waals surface area contributed by atoms with E-state index in [9.17, 15) is 4.79 Å². The van der Waals surface area contributed by atoms with E-state index in [4.69, 9.17) is 14.7 Å². The fourth-order valence-electron chi connectivity index (χ4n) is 4.93. The SMILES string of the molecule is Cc1ccccc1-c1ncc2[nH]c([C@H]3CC[C@@]4(CC3)OC(=O)c3ccncc34)nc2n1. The van der Waals surface area contributed by atoms with Gasteiger partial charge in [0.25, 0.3) is 0 Å². The average Bonchev–Trinajstić information content (AvgIpc) is 3.34. The number of imidazole rings is 1. The monoisotopic (exact) mass is 411 g/mol. The minimum atomic E-state index is -0.541. The van der Waals surface area contributed by atoms with Gasteiger partial charge in [0.05, 0.1) is 11.8 Å². The van der Waals surface area contributed by atoms with Gasteiger partial charge >= 0.3 is 5.97 Å². The number of ether oxygens (including phenoxy) is 1. The van der Waals surface area contributed by atoms with Crippen LogP contribution in [0.25, 0.3) is 22.6 Å². The molecule has 7 nitrogen and oxygen atoms in total. The second kappa shape index (κ2) is 6.70. The molecule has 0 saturated heterocycles. The Morgan fingerprint density at radius 2 is 1.90 bits per heavy atom. The number of nitrogens with zero attached hydrogens (tertiary/aromatic N) is 4. The summed E-state index contributed by atoms with van der Waals surface area (Å²) >= 11 is 0.